The zero-order chi connectivity index (χ0) is 12.9. The van der Waals surface area contributed by atoms with Crippen LogP contribution in [0, 0.1) is 0 Å². The first kappa shape index (κ1) is 11.8. The minimum Gasteiger partial charge on any atom is -0.0686 e. The van der Waals surface area contributed by atoms with E-state index in [0.29, 0.717) is 0 Å². The second-order valence-electron chi connectivity index (χ2n) is 6.81. The monoisotopic (exact) mass is 238 g/mol. The van der Waals surface area contributed by atoms with Crippen LogP contribution in [0.2, 0.25) is 0 Å². The van der Waals surface area contributed by atoms with Crippen LogP contribution in [0.3, 0.4) is 0 Å². The van der Waals surface area contributed by atoms with Crippen molar-refractivity contribution in [2.24, 2.45) is 0 Å². The summed E-state index contributed by atoms with van der Waals surface area (Å²) in [6.07, 6.45) is 6.08. The van der Waals surface area contributed by atoms with Gasteiger partial charge in [0.1, 0.15) is 0 Å². The van der Waals surface area contributed by atoms with Crippen LogP contribution in [0.1, 0.15) is 57.2 Å². The summed E-state index contributed by atoms with van der Waals surface area (Å²) >= 11 is 0. The van der Waals surface area contributed by atoms with E-state index in [4.69, 9.17) is 0 Å². The minimum absolute atomic E-state index is 0.241. The molecule has 0 bridgehead atoms. The van der Waals surface area contributed by atoms with Crippen molar-refractivity contribution in [2.45, 2.75) is 52.4 Å². The lowest BCUT2D eigenvalue weighted by Gasteiger charge is -2.24. The minimum atomic E-state index is 0.241. The van der Waals surface area contributed by atoms with Crippen LogP contribution in [0.5, 0.6) is 0 Å². The zero-order valence-corrected chi connectivity index (χ0v) is 11.9. The molecule has 0 saturated carbocycles. The molecule has 0 heteroatoms. The first-order valence-electron chi connectivity index (χ1n) is 6.98. The Morgan fingerprint density at radius 3 is 2.56 bits per heavy atom. The summed E-state index contributed by atoms with van der Waals surface area (Å²) < 4.78 is 0. The third kappa shape index (κ3) is 1.84. The van der Waals surface area contributed by atoms with E-state index in [0.717, 1.165) is 0 Å². The van der Waals surface area contributed by atoms with E-state index < -0.39 is 0 Å². The van der Waals surface area contributed by atoms with E-state index in [2.05, 4.69) is 52.0 Å². The quantitative estimate of drug-likeness (QED) is 0.594. The van der Waals surface area contributed by atoms with E-state index in [1.807, 2.05) is 0 Å². The molecule has 1 aromatic carbocycles. The Labute approximate surface area is 110 Å². The van der Waals surface area contributed by atoms with Crippen molar-refractivity contribution in [3.05, 3.63) is 52.1 Å². The summed E-state index contributed by atoms with van der Waals surface area (Å²) in [4.78, 5) is 0. The predicted molar refractivity (Wildman–Crippen MR) is 78.8 cm³/mol. The highest BCUT2D eigenvalue weighted by molar-refractivity contribution is 5.83. The molecule has 0 fully saturated rings. The number of fused-ring (bicyclic) bond motifs is 2. The molecule has 2 aliphatic carbocycles. The van der Waals surface area contributed by atoms with Crippen LogP contribution in [-0.4, -0.2) is 0 Å². The molecule has 0 spiro atoms. The normalized spacial score (nSPS) is 18.6. The average Bonchev–Trinajstić information content (AvgIpc) is 2.68. The molecule has 2 aliphatic rings. The Hall–Kier alpha value is -1.30. The summed E-state index contributed by atoms with van der Waals surface area (Å²) in [5, 5.41) is 0. The number of hydrogen-bond donors (Lipinski definition) is 0. The van der Waals surface area contributed by atoms with Crippen molar-refractivity contribution in [1.29, 1.82) is 0 Å². The lowest BCUT2D eigenvalue weighted by atomic mass is 9.80. The number of benzene rings is 1. The van der Waals surface area contributed by atoms with Crippen molar-refractivity contribution < 1.29 is 0 Å². The fourth-order valence-electron chi connectivity index (χ4n) is 3.12. The summed E-state index contributed by atoms with van der Waals surface area (Å²) in [5.74, 6) is 0. The van der Waals surface area contributed by atoms with Crippen LogP contribution in [0.4, 0.5) is 0 Å². The van der Waals surface area contributed by atoms with Gasteiger partial charge in [-0.2, -0.15) is 0 Å². The smallest absolute Gasteiger partial charge is 0.00985 e. The first-order valence-corrected chi connectivity index (χ1v) is 6.98. The van der Waals surface area contributed by atoms with Crippen LogP contribution in [0.15, 0.2) is 35.4 Å². The number of allylic oxidation sites excluding steroid dienone is 4. The van der Waals surface area contributed by atoms with Crippen molar-refractivity contribution in [3.63, 3.8) is 0 Å². The largest absolute Gasteiger partial charge is 0.0686 e. The number of hydrogen-bond acceptors (Lipinski definition) is 0. The maximum Gasteiger partial charge on any atom is -0.00985 e. The molecule has 0 nitrogen and oxygen atoms in total. The Morgan fingerprint density at radius 1 is 1.06 bits per heavy atom. The molecular weight excluding hydrogens is 216 g/mol. The van der Waals surface area contributed by atoms with Gasteiger partial charge in [-0.1, -0.05) is 56.2 Å². The van der Waals surface area contributed by atoms with Crippen LogP contribution in [-0.2, 0) is 11.8 Å². The van der Waals surface area contributed by atoms with Gasteiger partial charge in [0, 0.05) is 0 Å². The van der Waals surface area contributed by atoms with E-state index in [9.17, 15) is 0 Å². The molecule has 0 N–H and O–H groups in total. The highest BCUT2D eigenvalue weighted by atomic mass is 14.3. The summed E-state index contributed by atoms with van der Waals surface area (Å²) in [6, 6.07) is 7.09. The van der Waals surface area contributed by atoms with E-state index in [1.54, 1.807) is 5.57 Å². The molecule has 0 aliphatic heterocycles. The SMILES string of the molecule is CC1=CC2=C(CCc3ccc(C(C)(C)C)cc32)C1. The zero-order valence-electron chi connectivity index (χ0n) is 11.9. The number of aryl methyl sites for hydroxylation is 1. The van der Waals surface area contributed by atoms with Crippen molar-refractivity contribution in [2.75, 3.05) is 0 Å². The second kappa shape index (κ2) is 3.85. The molecule has 0 unspecified atom stereocenters. The summed E-state index contributed by atoms with van der Waals surface area (Å²) in [5.41, 5.74) is 9.44. The standard InChI is InChI=1S/C18H22/c1-12-9-14-6-5-13-7-8-15(18(2,3)4)11-17(13)16(14)10-12/h7-8,10-11H,5-6,9H2,1-4H3. The van der Waals surface area contributed by atoms with Gasteiger partial charge in [0.05, 0.1) is 0 Å². The molecule has 0 atom stereocenters. The molecule has 0 amide bonds. The highest BCUT2D eigenvalue weighted by Gasteiger charge is 2.23. The van der Waals surface area contributed by atoms with Crippen molar-refractivity contribution in [3.8, 4) is 0 Å². The van der Waals surface area contributed by atoms with E-state index in [-0.39, 0.29) is 5.41 Å². The predicted octanol–water partition coefficient (Wildman–Crippen LogP) is 5.03. The van der Waals surface area contributed by atoms with Crippen LogP contribution < -0.4 is 0 Å². The maximum absolute atomic E-state index is 2.43. The van der Waals surface area contributed by atoms with Gasteiger partial charge < -0.3 is 0 Å². The van der Waals surface area contributed by atoms with Gasteiger partial charge in [-0.3, -0.25) is 0 Å². The number of rotatable bonds is 0. The second-order valence-corrected chi connectivity index (χ2v) is 6.81. The first-order chi connectivity index (χ1) is 8.45. The van der Waals surface area contributed by atoms with Crippen molar-refractivity contribution in [1.82, 2.24) is 0 Å². The molecule has 18 heavy (non-hydrogen) atoms. The van der Waals surface area contributed by atoms with Crippen LogP contribution in [0.25, 0.3) is 5.57 Å². The molecule has 1 aromatic rings. The highest BCUT2D eigenvalue weighted by Crippen LogP contribution is 2.41. The van der Waals surface area contributed by atoms with Gasteiger partial charge in [-0.05, 0) is 53.9 Å². The topological polar surface area (TPSA) is 0 Å². The Bertz CT molecular complexity index is 562. The summed E-state index contributed by atoms with van der Waals surface area (Å²) in [6.45, 7) is 9.14. The third-order valence-corrected chi connectivity index (χ3v) is 4.23. The molecule has 94 valence electrons. The maximum atomic E-state index is 2.43. The molecule has 0 heterocycles. The van der Waals surface area contributed by atoms with Gasteiger partial charge in [0.25, 0.3) is 0 Å². The summed E-state index contributed by atoms with van der Waals surface area (Å²) in [7, 11) is 0. The Morgan fingerprint density at radius 2 is 1.83 bits per heavy atom. The molecule has 3 rings (SSSR count). The van der Waals surface area contributed by atoms with Gasteiger partial charge in [0.15, 0.2) is 0 Å². The van der Waals surface area contributed by atoms with Gasteiger partial charge >= 0.3 is 0 Å². The lowest BCUT2D eigenvalue weighted by molar-refractivity contribution is 0.589. The fourth-order valence-corrected chi connectivity index (χ4v) is 3.12. The fraction of sp³-hybridized carbons (Fsp3) is 0.444. The van der Waals surface area contributed by atoms with E-state index >= 15 is 0 Å². The lowest BCUT2D eigenvalue weighted by Crippen LogP contribution is -2.13. The molecule has 0 saturated heterocycles. The Kier molecular flexibility index (Phi) is 2.52. The van der Waals surface area contributed by atoms with E-state index in [1.165, 1.54) is 47.1 Å². The Balaban J connectivity index is 2.14. The van der Waals surface area contributed by atoms with Gasteiger partial charge in [0.2, 0.25) is 0 Å². The average molecular weight is 238 g/mol. The van der Waals surface area contributed by atoms with Gasteiger partial charge in [-0.15, -0.1) is 0 Å². The van der Waals surface area contributed by atoms with Crippen molar-refractivity contribution >= 4 is 5.57 Å². The molecule has 0 aromatic heterocycles. The third-order valence-electron chi connectivity index (χ3n) is 4.23. The molecule has 0 radical (unpaired) electrons. The van der Waals surface area contributed by atoms with Gasteiger partial charge in [-0.25, -0.2) is 0 Å². The van der Waals surface area contributed by atoms with Crippen LogP contribution >= 0.6 is 0 Å². The molecular formula is C18H22.